The molecule has 0 N–H and O–H groups in total. The zero-order valence-corrected chi connectivity index (χ0v) is 22.8. The van der Waals surface area contributed by atoms with Gasteiger partial charge in [0.25, 0.3) is 0 Å². The molecule has 0 aliphatic rings. The molecule has 0 aromatic heterocycles. The van der Waals surface area contributed by atoms with Crippen molar-refractivity contribution < 1.29 is 14.8 Å². The summed E-state index contributed by atoms with van der Waals surface area (Å²) in [5, 5.41) is 30.7. The molecule has 0 aliphatic carbocycles. The summed E-state index contributed by atoms with van der Waals surface area (Å²) in [5.41, 5.74) is 0. The van der Waals surface area contributed by atoms with Crippen molar-refractivity contribution in [1.29, 1.82) is 0 Å². The topological polar surface area (TPSA) is 129 Å². The number of rotatable bonds is 19. The van der Waals surface area contributed by atoms with Gasteiger partial charge in [0, 0.05) is 53.8 Å². The molecule has 0 aromatic rings. The van der Waals surface area contributed by atoms with Gasteiger partial charge >= 0.3 is 0 Å². The summed E-state index contributed by atoms with van der Waals surface area (Å²) in [6.45, 7) is 11.6. The fourth-order valence-corrected chi connectivity index (χ4v) is 3.35. The van der Waals surface area contributed by atoms with Crippen LogP contribution in [0.25, 0.3) is 0 Å². The molecule has 34 heavy (non-hydrogen) atoms. The summed E-state index contributed by atoms with van der Waals surface area (Å²) in [5.74, 6) is 0. The first-order valence-corrected chi connectivity index (χ1v) is 13.5. The SMILES string of the molecule is CCC(CC)[N+](=O)[O-].CCCCCCCC(C)[N+](=O)[O-].CCCCCCCCC(CC)[N+](=O)[O-]. The van der Waals surface area contributed by atoms with Crippen LogP contribution in [0, 0.1) is 30.3 Å². The van der Waals surface area contributed by atoms with E-state index in [1.54, 1.807) is 6.92 Å². The van der Waals surface area contributed by atoms with Gasteiger partial charge in [0.15, 0.2) is 0 Å². The molecule has 9 nitrogen and oxygen atoms in total. The van der Waals surface area contributed by atoms with E-state index < -0.39 is 0 Å². The van der Waals surface area contributed by atoms with E-state index in [0.717, 1.165) is 38.5 Å². The highest BCUT2D eigenvalue weighted by Crippen LogP contribution is 2.11. The summed E-state index contributed by atoms with van der Waals surface area (Å²) in [4.78, 5) is 30.1. The minimum Gasteiger partial charge on any atom is -0.264 e. The molecule has 0 saturated heterocycles. The third kappa shape index (κ3) is 26.5. The molecule has 0 fully saturated rings. The summed E-state index contributed by atoms with van der Waals surface area (Å²) >= 11 is 0. The Kier molecular flexibility index (Phi) is 29.7. The maximum absolute atomic E-state index is 10.5. The normalized spacial score (nSPS) is 12.1. The molecule has 0 aliphatic heterocycles. The quantitative estimate of drug-likeness (QED) is 0.101. The van der Waals surface area contributed by atoms with E-state index >= 15 is 0 Å². The van der Waals surface area contributed by atoms with Crippen molar-refractivity contribution in [3.8, 4) is 0 Å². The fourth-order valence-electron chi connectivity index (χ4n) is 3.35. The van der Waals surface area contributed by atoms with E-state index in [0.29, 0.717) is 19.3 Å². The maximum atomic E-state index is 10.5. The number of hydrogen-bond acceptors (Lipinski definition) is 6. The summed E-state index contributed by atoms with van der Waals surface area (Å²) < 4.78 is 0. The van der Waals surface area contributed by atoms with Gasteiger partial charge < -0.3 is 0 Å². The predicted molar refractivity (Wildman–Crippen MR) is 140 cm³/mol. The Labute approximate surface area is 207 Å². The second-order valence-electron chi connectivity index (χ2n) is 9.00. The minimum absolute atomic E-state index is 0.133. The second kappa shape index (κ2) is 27.4. The van der Waals surface area contributed by atoms with Gasteiger partial charge in [-0.05, 0) is 12.8 Å². The van der Waals surface area contributed by atoms with Gasteiger partial charge in [0.05, 0.1) is 0 Å². The van der Waals surface area contributed by atoms with Crippen molar-refractivity contribution in [1.82, 2.24) is 0 Å². The highest BCUT2D eigenvalue weighted by molar-refractivity contribution is 4.55. The van der Waals surface area contributed by atoms with Crippen LogP contribution in [0.15, 0.2) is 0 Å². The summed E-state index contributed by atoms with van der Waals surface area (Å²) in [6.07, 6.45) is 16.5. The van der Waals surface area contributed by atoms with Crippen LogP contribution in [-0.4, -0.2) is 32.9 Å². The summed E-state index contributed by atoms with van der Waals surface area (Å²) in [6, 6.07) is -0.984. The van der Waals surface area contributed by atoms with Crippen LogP contribution >= 0.6 is 0 Å². The smallest absolute Gasteiger partial charge is 0.212 e. The Bertz CT molecular complexity index is 487. The Morgan fingerprint density at radius 1 is 0.500 bits per heavy atom. The molecule has 0 rings (SSSR count). The lowest BCUT2D eigenvalue weighted by Crippen LogP contribution is -2.17. The monoisotopic (exact) mass is 491 g/mol. The highest BCUT2D eigenvalue weighted by Gasteiger charge is 2.15. The molecule has 2 atom stereocenters. The third-order valence-electron chi connectivity index (χ3n) is 5.99. The van der Waals surface area contributed by atoms with Gasteiger partial charge in [0.1, 0.15) is 0 Å². The molecule has 0 bridgehead atoms. The van der Waals surface area contributed by atoms with Gasteiger partial charge in [-0.25, -0.2) is 0 Å². The molecule has 0 radical (unpaired) electrons. The van der Waals surface area contributed by atoms with Gasteiger partial charge in [-0.15, -0.1) is 0 Å². The van der Waals surface area contributed by atoms with Gasteiger partial charge in [-0.2, -0.15) is 0 Å². The lowest BCUT2D eigenvalue weighted by molar-refractivity contribution is -0.523. The van der Waals surface area contributed by atoms with E-state index in [1.807, 2.05) is 20.8 Å². The first-order chi connectivity index (χ1) is 16.1. The van der Waals surface area contributed by atoms with Crippen LogP contribution in [-0.2, 0) is 0 Å². The van der Waals surface area contributed by atoms with Crippen molar-refractivity contribution >= 4 is 0 Å². The fraction of sp³-hybridized carbons (Fsp3) is 1.00. The Morgan fingerprint density at radius 2 is 0.853 bits per heavy atom. The van der Waals surface area contributed by atoms with Crippen LogP contribution in [0.3, 0.4) is 0 Å². The Balaban J connectivity index is -0.000000440. The average Bonchev–Trinajstić information content (AvgIpc) is 2.79. The molecule has 0 amide bonds. The van der Waals surface area contributed by atoms with Crippen molar-refractivity contribution in [3.05, 3.63) is 30.3 Å². The number of nitrogens with zero attached hydrogens (tertiary/aromatic N) is 3. The van der Waals surface area contributed by atoms with Gasteiger partial charge in [0.2, 0.25) is 18.1 Å². The predicted octanol–water partition coefficient (Wildman–Crippen LogP) is 8.26. The van der Waals surface area contributed by atoms with Crippen molar-refractivity contribution in [3.63, 3.8) is 0 Å². The summed E-state index contributed by atoms with van der Waals surface area (Å²) in [7, 11) is 0. The molecule has 0 heterocycles. The molecule has 0 spiro atoms. The van der Waals surface area contributed by atoms with Gasteiger partial charge in [-0.1, -0.05) is 92.4 Å². The van der Waals surface area contributed by atoms with Crippen molar-refractivity contribution in [2.24, 2.45) is 0 Å². The molecule has 0 aromatic carbocycles. The van der Waals surface area contributed by atoms with Crippen LogP contribution in [0.1, 0.15) is 144 Å². The van der Waals surface area contributed by atoms with Crippen LogP contribution in [0.2, 0.25) is 0 Å². The molecular formula is C25H53N3O6. The largest absolute Gasteiger partial charge is 0.264 e. The highest BCUT2D eigenvalue weighted by atomic mass is 16.6. The molecule has 9 heteroatoms. The third-order valence-corrected chi connectivity index (χ3v) is 5.99. The zero-order valence-electron chi connectivity index (χ0n) is 22.8. The Hall–Kier alpha value is -1.80. The van der Waals surface area contributed by atoms with E-state index in [-0.39, 0.29) is 32.9 Å². The Morgan fingerprint density at radius 3 is 1.15 bits per heavy atom. The van der Waals surface area contributed by atoms with Crippen LogP contribution in [0.4, 0.5) is 0 Å². The van der Waals surface area contributed by atoms with Crippen molar-refractivity contribution in [2.45, 2.75) is 162 Å². The van der Waals surface area contributed by atoms with E-state index in [1.165, 1.54) is 44.9 Å². The van der Waals surface area contributed by atoms with E-state index in [4.69, 9.17) is 0 Å². The van der Waals surface area contributed by atoms with Crippen LogP contribution < -0.4 is 0 Å². The lowest BCUT2D eigenvalue weighted by atomic mass is 10.0. The zero-order chi connectivity index (χ0) is 26.8. The molecule has 2 unspecified atom stereocenters. The first-order valence-electron chi connectivity index (χ1n) is 13.5. The number of nitro groups is 3. The maximum Gasteiger partial charge on any atom is 0.212 e. The standard InChI is InChI=1S/C11H23NO2.C9H19NO2.C5H11NO2/c1-3-5-6-7-8-9-10-11(4-2)12(13)14;1-3-4-5-6-7-8-9(2)10(11)12;1-3-5(4-2)6(7)8/h11H,3-10H2,1-2H3;9H,3-8H2,1-2H3;5H,3-4H2,1-2H3. The molecular weight excluding hydrogens is 438 g/mol. The number of unbranched alkanes of at least 4 members (excludes halogenated alkanes) is 9. The average molecular weight is 492 g/mol. The minimum atomic E-state index is -0.355. The van der Waals surface area contributed by atoms with E-state index in [2.05, 4.69) is 13.8 Å². The molecule has 204 valence electrons. The molecule has 0 saturated carbocycles. The second-order valence-corrected chi connectivity index (χ2v) is 9.00. The number of hydrogen-bond donors (Lipinski definition) is 0. The lowest BCUT2D eigenvalue weighted by Gasteiger charge is -2.06. The van der Waals surface area contributed by atoms with Crippen molar-refractivity contribution in [2.75, 3.05) is 0 Å². The first kappa shape index (κ1) is 36.8. The van der Waals surface area contributed by atoms with E-state index in [9.17, 15) is 30.3 Å². The van der Waals surface area contributed by atoms with Gasteiger partial charge in [-0.3, -0.25) is 30.3 Å². The van der Waals surface area contributed by atoms with Crippen LogP contribution in [0.5, 0.6) is 0 Å².